The third kappa shape index (κ3) is 5.45. The Morgan fingerprint density at radius 2 is 1.96 bits per heavy atom. The Kier molecular flexibility index (Phi) is 6.23. The van der Waals surface area contributed by atoms with E-state index in [0.29, 0.717) is 12.3 Å². The molecule has 0 unspecified atom stereocenters. The highest BCUT2D eigenvalue weighted by Gasteiger charge is 2.04. The molecule has 0 radical (unpaired) electrons. The first-order chi connectivity index (χ1) is 11.1. The minimum Gasteiger partial charge on any atom is -0.490 e. The molecule has 2 N–H and O–H groups in total. The van der Waals surface area contributed by atoms with Gasteiger partial charge in [0.05, 0.1) is 11.6 Å². The van der Waals surface area contributed by atoms with Gasteiger partial charge in [0.15, 0.2) is 0 Å². The van der Waals surface area contributed by atoms with Crippen molar-refractivity contribution in [1.29, 1.82) is 0 Å². The maximum absolute atomic E-state index is 12.9. The predicted molar refractivity (Wildman–Crippen MR) is 89.7 cm³/mol. The third-order valence-corrected chi connectivity index (χ3v) is 3.45. The molecule has 4 nitrogen and oxygen atoms in total. The fourth-order valence-electron chi connectivity index (χ4n) is 1.92. The van der Waals surface area contributed by atoms with Gasteiger partial charge in [-0.2, -0.15) is 0 Å². The Labute approximate surface area is 139 Å². The molecule has 2 aromatic carbocycles. The second-order valence-corrected chi connectivity index (χ2v) is 5.26. The van der Waals surface area contributed by atoms with Gasteiger partial charge in [-0.3, -0.25) is 0 Å². The minimum atomic E-state index is -0.422. The van der Waals surface area contributed by atoms with Crippen LogP contribution >= 0.6 is 11.6 Å². The average Bonchev–Trinajstić information content (AvgIpc) is 2.54. The zero-order chi connectivity index (χ0) is 16.7. The summed E-state index contributed by atoms with van der Waals surface area (Å²) in [6.45, 7) is 2.60. The molecule has 0 bridgehead atoms. The molecule has 0 aliphatic carbocycles. The van der Waals surface area contributed by atoms with Crippen molar-refractivity contribution in [2.24, 2.45) is 0 Å². The van der Waals surface area contributed by atoms with E-state index in [1.54, 1.807) is 0 Å². The number of halogens is 2. The van der Waals surface area contributed by atoms with Crippen molar-refractivity contribution in [3.05, 3.63) is 58.9 Å². The highest BCUT2D eigenvalue weighted by molar-refractivity contribution is 6.32. The van der Waals surface area contributed by atoms with Gasteiger partial charge in [0.1, 0.15) is 18.2 Å². The molecule has 0 saturated carbocycles. The topological polar surface area (TPSA) is 50.4 Å². The summed E-state index contributed by atoms with van der Waals surface area (Å²) in [4.78, 5) is 11.7. The molecule has 2 rings (SSSR count). The Balaban J connectivity index is 1.72. The van der Waals surface area contributed by atoms with Crippen LogP contribution in [0.4, 0.5) is 14.9 Å². The second-order valence-electron chi connectivity index (χ2n) is 4.85. The predicted octanol–water partition coefficient (Wildman–Crippen LogP) is 4.24. The molecule has 0 fully saturated rings. The van der Waals surface area contributed by atoms with Crippen molar-refractivity contribution in [3.8, 4) is 5.75 Å². The minimum absolute atomic E-state index is 0.200. The molecule has 0 spiro atoms. The lowest BCUT2D eigenvalue weighted by atomic mass is 10.1. The van der Waals surface area contributed by atoms with Gasteiger partial charge in [-0.25, -0.2) is 9.18 Å². The number of nitrogens with one attached hydrogen (secondary N) is 2. The number of carbonyl (C=O) groups is 1. The van der Waals surface area contributed by atoms with Crippen LogP contribution in [0.3, 0.4) is 0 Å². The smallest absolute Gasteiger partial charge is 0.319 e. The number of hydrogen-bond donors (Lipinski definition) is 2. The summed E-state index contributed by atoms with van der Waals surface area (Å²) in [6, 6.07) is 11.2. The number of amides is 2. The lowest BCUT2D eigenvalue weighted by molar-refractivity contribution is 0.247. The van der Waals surface area contributed by atoms with Crippen LogP contribution in [-0.4, -0.2) is 19.2 Å². The van der Waals surface area contributed by atoms with Crippen LogP contribution in [0.5, 0.6) is 5.75 Å². The van der Waals surface area contributed by atoms with Crippen LogP contribution < -0.4 is 15.4 Å². The van der Waals surface area contributed by atoms with E-state index in [4.69, 9.17) is 16.3 Å². The molecule has 23 heavy (non-hydrogen) atoms. The molecule has 0 saturated heterocycles. The number of rotatable bonds is 6. The average molecular weight is 337 g/mol. The molecule has 6 heteroatoms. The van der Waals surface area contributed by atoms with Gasteiger partial charge in [-0.15, -0.1) is 0 Å². The van der Waals surface area contributed by atoms with Crippen molar-refractivity contribution in [1.82, 2.24) is 5.32 Å². The van der Waals surface area contributed by atoms with Crippen molar-refractivity contribution < 1.29 is 13.9 Å². The summed E-state index contributed by atoms with van der Waals surface area (Å²) in [6.07, 6.45) is 0.954. The number of urea groups is 1. The highest BCUT2D eigenvalue weighted by atomic mass is 35.5. The first kappa shape index (κ1) is 17.1. The standard InChI is InChI=1S/C17H18ClFN2O2/c1-2-12-3-6-14(7-4-12)21-17(22)20-9-10-23-16-8-5-13(19)11-15(16)18/h3-8,11H,2,9-10H2,1H3,(H2,20,21,22). The second kappa shape index (κ2) is 8.39. The van der Waals surface area contributed by atoms with E-state index in [1.165, 1.54) is 23.8 Å². The van der Waals surface area contributed by atoms with E-state index in [2.05, 4.69) is 17.6 Å². The summed E-state index contributed by atoms with van der Waals surface area (Å²) in [5.41, 5.74) is 1.93. The first-order valence-corrected chi connectivity index (χ1v) is 7.68. The van der Waals surface area contributed by atoms with Crippen molar-refractivity contribution >= 4 is 23.3 Å². The quantitative estimate of drug-likeness (QED) is 0.775. The number of carbonyl (C=O) groups excluding carboxylic acids is 1. The third-order valence-electron chi connectivity index (χ3n) is 3.16. The lowest BCUT2D eigenvalue weighted by Crippen LogP contribution is -2.32. The molecule has 0 aromatic heterocycles. The van der Waals surface area contributed by atoms with Crippen LogP contribution in [0.15, 0.2) is 42.5 Å². The Hall–Kier alpha value is -2.27. The monoisotopic (exact) mass is 336 g/mol. The van der Waals surface area contributed by atoms with Gasteiger partial charge in [0, 0.05) is 5.69 Å². The van der Waals surface area contributed by atoms with Crippen LogP contribution in [-0.2, 0) is 6.42 Å². The SMILES string of the molecule is CCc1ccc(NC(=O)NCCOc2ccc(F)cc2Cl)cc1. The number of benzene rings is 2. The molecule has 2 aromatic rings. The number of hydrogen-bond acceptors (Lipinski definition) is 2. The summed E-state index contributed by atoms with van der Waals surface area (Å²) in [5.74, 6) is -0.0422. The Morgan fingerprint density at radius 3 is 2.61 bits per heavy atom. The van der Waals surface area contributed by atoms with Crippen molar-refractivity contribution in [2.75, 3.05) is 18.5 Å². The summed E-state index contributed by atoms with van der Waals surface area (Å²) in [5, 5.41) is 5.60. The molecule has 0 aliphatic heterocycles. The Morgan fingerprint density at radius 1 is 1.22 bits per heavy atom. The largest absolute Gasteiger partial charge is 0.490 e. The molecule has 2 amide bonds. The molecule has 0 heterocycles. The van der Waals surface area contributed by atoms with E-state index in [0.717, 1.165) is 12.1 Å². The molecular weight excluding hydrogens is 319 g/mol. The summed E-state index contributed by atoms with van der Waals surface area (Å²) >= 11 is 5.84. The van der Waals surface area contributed by atoms with Gasteiger partial charge in [-0.1, -0.05) is 30.7 Å². The fraction of sp³-hybridized carbons (Fsp3) is 0.235. The normalized spacial score (nSPS) is 10.2. The number of aryl methyl sites for hydroxylation is 1. The summed E-state index contributed by atoms with van der Waals surface area (Å²) < 4.78 is 18.3. The van der Waals surface area contributed by atoms with Gasteiger partial charge >= 0.3 is 6.03 Å². The lowest BCUT2D eigenvalue weighted by Gasteiger charge is -2.10. The van der Waals surface area contributed by atoms with E-state index in [-0.39, 0.29) is 17.7 Å². The van der Waals surface area contributed by atoms with Gasteiger partial charge < -0.3 is 15.4 Å². The molecule has 0 aliphatic rings. The van der Waals surface area contributed by atoms with Gasteiger partial charge in [0.2, 0.25) is 0 Å². The number of ether oxygens (including phenoxy) is 1. The van der Waals surface area contributed by atoms with E-state index >= 15 is 0 Å². The first-order valence-electron chi connectivity index (χ1n) is 7.30. The number of anilines is 1. The Bertz CT molecular complexity index is 662. The molecular formula is C17H18ClFN2O2. The van der Waals surface area contributed by atoms with Crippen LogP contribution in [0.1, 0.15) is 12.5 Å². The van der Waals surface area contributed by atoms with Crippen LogP contribution in [0.2, 0.25) is 5.02 Å². The summed E-state index contributed by atoms with van der Waals surface area (Å²) in [7, 11) is 0. The molecule has 122 valence electrons. The maximum atomic E-state index is 12.9. The van der Waals surface area contributed by atoms with Crippen molar-refractivity contribution in [2.45, 2.75) is 13.3 Å². The van der Waals surface area contributed by atoms with E-state index in [9.17, 15) is 9.18 Å². The van der Waals surface area contributed by atoms with E-state index in [1.807, 2.05) is 24.3 Å². The van der Waals surface area contributed by atoms with Crippen LogP contribution in [0, 0.1) is 5.82 Å². The highest BCUT2D eigenvalue weighted by Crippen LogP contribution is 2.24. The van der Waals surface area contributed by atoms with Crippen molar-refractivity contribution in [3.63, 3.8) is 0 Å². The maximum Gasteiger partial charge on any atom is 0.319 e. The van der Waals surface area contributed by atoms with Gasteiger partial charge in [-0.05, 0) is 42.3 Å². The van der Waals surface area contributed by atoms with E-state index < -0.39 is 5.82 Å². The fourth-order valence-corrected chi connectivity index (χ4v) is 2.14. The zero-order valence-electron chi connectivity index (χ0n) is 12.7. The van der Waals surface area contributed by atoms with Crippen LogP contribution in [0.25, 0.3) is 0 Å². The van der Waals surface area contributed by atoms with Gasteiger partial charge in [0.25, 0.3) is 0 Å². The molecule has 0 atom stereocenters. The zero-order valence-corrected chi connectivity index (χ0v) is 13.5.